The number of halogens is 1. The van der Waals surface area contributed by atoms with Crippen LogP contribution < -0.4 is 8.85 Å². The predicted molar refractivity (Wildman–Crippen MR) is 99.0 cm³/mol. The Bertz CT molecular complexity index is 310. The van der Waals surface area contributed by atoms with Crippen molar-refractivity contribution in [2.45, 2.75) is 46.2 Å². The summed E-state index contributed by atoms with van der Waals surface area (Å²) in [4.78, 5) is 7.28. The molecule has 0 aromatic carbocycles. The number of hydrogen-bond acceptors (Lipinski definition) is 5. The lowest BCUT2D eigenvalue weighted by molar-refractivity contribution is 0.0733. The molecule has 5 nitrogen and oxygen atoms in total. The summed E-state index contributed by atoms with van der Waals surface area (Å²) in [6.45, 7) is 19.4. The molecule has 1 aliphatic rings. The van der Waals surface area contributed by atoms with Gasteiger partial charge in [0.25, 0.3) is 0 Å². The molecule has 124 valence electrons. The minimum Gasteiger partial charge on any atom is -0.356 e. The largest absolute Gasteiger partial charge is 0.356 e. The van der Waals surface area contributed by atoms with Gasteiger partial charge in [-0.1, -0.05) is 13.5 Å². The van der Waals surface area contributed by atoms with E-state index in [4.69, 9.17) is 0 Å². The third kappa shape index (κ3) is 5.92. The molecule has 21 heavy (non-hydrogen) atoms. The van der Waals surface area contributed by atoms with Crippen molar-refractivity contribution in [1.29, 1.82) is 0 Å². The highest BCUT2D eigenvalue weighted by molar-refractivity contribution is 14.1. The standard InChI is InChI=1S/C15H32IN5/c1-6-8-21(13(2)3)15(5)20(11-18-16)12-19-9-7-17-10-14(19)4/h13-14,17-18H,5-12H2,1-4H3/t14-/m0/s1. The number of rotatable bonds is 9. The zero-order valence-corrected chi connectivity index (χ0v) is 16.2. The molecule has 1 atom stereocenters. The van der Waals surface area contributed by atoms with E-state index in [9.17, 15) is 0 Å². The van der Waals surface area contributed by atoms with Crippen LogP contribution >= 0.6 is 22.9 Å². The van der Waals surface area contributed by atoms with Gasteiger partial charge in [0, 0.05) is 61.1 Å². The van der Waals surface area contributed by atoms with Crippen LogP contribution in [0.25, 0.3) is 0 Å². The molecule has 0 unspecified atom stereocenters. The topological polar surface area (TPSA) is 33.8 Å². The molecule has 0 saturated carbocycles. The zero-order chi connectivity index (χ0) is 15.8. The fraction of sp³-hybridized carbons (Fsp3) is 0.867. The first-order valence-electron chi connectivity index (χ1n) is 8.00. The molecule has 1 heterocycles. The average Bonchev–Trinajstić information content (AvgIpc) is 2.45. The van der Waals surface area contributed by atoms with Crippen molar-refractivity contribution < 1.29 is 0 Å². The summed E-state index contributed by atoms with van der Waals surface area (Å²) < 4.78 is 3.26. The van der Waals surface area contributed by atoms with E-state index in [1.807, 2.05) is 0 Å². The maximum atomic E-state index is 4.37. The molecule has 0 spiro atoms. The molecule has 1 fully saturated rings. The van der Waals surface area contributed by atoms with Crippen LogP contribution in [0.2, 0.25) is 0 Å². The maximum absolute atomic E-state index is 4.37. The summed E-state index contributed by atoms with van der Waals surface area (Å²) in [5, 5.41) is 3.45. The van der Waals surface area contributed by atoms with Gasteiger partial charge < -0.3 is 15.1 Å². The zero-order valence-electron chi connectivity index (χ0n) is 14.0. The summed E-state index contributed by atoms with van der Waals surface area (Å²) in [6.07, 6.45) is 1.15. The lowest BCUT2D eigenvalue weighted by atomic mass is 10.2. The van der Waals surface area contributed by atoms with Gasteiger partial charge in [0.1, 0.15) is 0 Å². The summed E-state index contributed by atoms with van der Waals surface area (Å²) in [6, 6.07) is 1.05. The Morgan fingerprint density at radius 3 is 2.76 bits per heavy atom. The second-order valence-corrected chi connectivity index (χ2v) is 6.80. The Morgan fingerprint density at radius 2 is 2.24 bits per heavy atom. The average molecular weight is 409 g/mol. The van der Waals surface area contributed by atoms with Crippen LogP contribution in [0.4, 0.5) is 0 Å². The summed E-state index contributed by atoms with van der Waals surface area (Å²) in [5.74, 6) is 1.13. The first kappa shape index (κ1) is 19.0. The van der Waals surface area contributed by atoms with E-state index in [1.54, 1.807) is 0 Å². The van der Waals surface area contributed by atoms with Gasteiger partial charge in [0.2, 0.25) is 0 Å². The van der Waals surface area contributed by atoms with Gasteiger partial charge in [-0.15, -0.1) is 0 Å². The molecule has 1 rings (SSSR count). The number of nitrogens with zero attached hydrogens (tertiary/aromatic N) is 3. The fourth-order valence-corrected chi connectivity index (χ4v) is 3.13. The van der Waals surface area contributed by atoms with Crippen LogP contribution in [-0.4, -0.2) is 66.3 Å². The third-order valence-electron chi connectivity index (χ3n) is 4.03. The van der Waals surface area contributed by atoms with Crippen molar-refractivity contribution in [1.82, 2.24) is 23.5 Å². The van der Waals surface area contributed by atoms with Crippen molar-refractivity contribution >= 4 is 22.9 Å². The molecule has 0 aliphatic carbocycles. The second kappa shape index (κ2) is 9.86. The van der Waals surface area contributed by atoms with E-state index in [-0.39, 0.29) is 0 Å². The molecular weight excluding hydrogens is 377 g/mol. The van der Waals surface area contributed by atoms with Crippen molar-refractivity contribution in [3.63, 3.8) is 0 Å². The van der Waals surface area contributed by atoms with Gasteiger partial charge in [0.15, 0.2) is 0 Å². The quantitative estimate of drug-likeness (QED) is 0.346. The summed E-state index contributed by atoms with van der Waals surface area (Å²) in [5.41, 5.74) is 0. The lowest BCUT2D eigenvalue weighted by Gasteiger charge is -2.42. The van der Waals surface area contributed by atoms with E-state index in [0.717, 1.165) is 51.8 Å². The SMILES string of the molecule is C=C(N(CNI)CN1CCNC[C@@H]1C)N(CCC)C(C)C. The van der Waals surface area contributed by atoms with Gasteiger partial charge in [-0.2, -0.15) is 0 Å². The van der Waals surface area contributed by atoms with Crippen LogP contribution in [0.5, 0.6) is 0 Å². The van der Waals surface area contributed by atoms with Gasteiger partial charge >= 0.3 is 0 Å². The lowest BCUT2D eigenvalue weighted by Crippen LogP contribution is -2.55. The minimum atomic E-state index is 0.481. The highest BCUT2D eigenvalue weighted by atomic mass is 127. The Balaban J connectivity index is 2.71. The highest BCUT2D eigenvalue weighted by Gasteiger charge is 2.23. The smallest absolute Gasteiger partial charge is 0.0988 e. The number of piperazine rings is 1. The van der Waals surface area contributed by atoms with Crippen LogP contribution in [0, 0.1) is 0 Å². The van der Waals surface area contributed by atoms with E-state index in [1.165, 1.54) is 0 Å². The van der Waals surface area contributed by atoms with Crippen LogP contribution in [-0.2, 0) is 0 Å². The molecule has 2 N–H and O–H groups in total. The van der Waals surface area contributed by atoms with Crippen molar-refractivity contribution in [3.8, 4) is 0 Å². The predicted octanol–water partition coefficient (Wildman–Crippen LogP) is 2.03. The molecule has 0 radical (unpaired) electrons. The van der Waals surface area contributed by atoms with Crippen molar-refractivity contribution in [3.05, 3.63) is 12.4 Å². The Labute approximate surface area is 144 Å². The first-order valence-corrected chi connectivity index (χ1v) is 9.07. The normalized spacial score (nSPS) is 19.8. The first-order chi connectivity index (χ1) is 10.0. The van der Waals surface area contributed by atoms with E-state index in [0.29, 0.717) is 12.1 Å². The van der Waals surface area contributed by atoms with Gasteiger partial charge in [0.05, 0.1) is 19.2 Å². The third-order valence-corrected chi connectivity index (χ3v) is 4.37. The second-order valence-electron chi connectivity index (χ2n) is 6.04. The summed E-state index contributed by atoms with van der Waals surface area (Å²) >= 11 is 2.22. The summed E-state index contributed by atoms with van der Waals surface area (Å²) in [7, 11) is 0. The van der Waals surface area contributed by atoms with E-state index >= 15 is 0 Å². The fourth-order valence-electron chi connectivity index (χ4n) is 2.72. The Hall–Kier alpha value is -0.0500. The van der Waals surface area contributed by atoms with Crippen LogP contribution in [0.3, 0.4) is 0 Å². The van der Waals surface area contributed by atoms with Crippen LogP contribution in [0.1, 0.15) is 34.1 Å². The number of hydrogen-bond donors (Lipinski definition) is 2. The molecular formula is C15H32IN5. The molecule has 1 saturated heterocycles. The monoisotopic (exact) mass is 409 g/mol. The van der Waals surface area contributed by atoms with Gasteiger partial charge in [-0.25, -0.2) is 3.53 Å². The Kier molecular flexibility index (Phi) is 8.92. The molecule has 0 amide bonds. The minimum absolute atomic E-state index is 0.481. The molecule has 6 heteroatoms. The number of nitrogens with one attached hydrogen (secondary N) is 2. The van der Waals surface area contributed by atoms with Gasteiger partial charge in [-0.05, 0) is 27.2 Å². The maximum Gasteiger partial charge on any atom is 0.0988 e. The van der Waals surface area contributed by atoms with Gasteiger partial charge in [-0.3, -0.25) is 4.90 Å². The van der Waals surface area contributed by atoms with Crippen molar-refractivity contribution in [2.24, 2.45) is 0 Å². The van der Waals surface area contributed by atoms with Crippen molar-refractivity contribution in [2.75, 3.05) is 39.5 Å². The molecule has 0 aromatic heterocycles. The Morgan fingerprint density at radius 1 is 1.52 bits per heavy atom. The van der Waals surface area contributed by atoms with E-state index < -0.39 is 0 Å². The van der Waals surface area contributed by atoms with E-state index in [2.05, 4.69) is 80.7 Å². The molecule has 0 aromatic rings. The van der Waals surface area contributed by atoms with Crippen LogP contribution in [0.15, 0.2) is 12.4 Å². The highest BCUT2D eigenvalue weighted by Crippen LogP contribution is 2.15. The molecule has 0 bridgehead atoms. The molecule has 1 aliphatic heterocycles.